The van der Waals surface area contributed by atoms with Gasteiger partial charge in [-0.05, 0) is 39.7 Å². The molecule has 0 unspecified atom stereocenters. The van der Waals surface area contributed by atoms with E-state index in [0.29, 0.717) is 58.3 Å². The molecular formula is C21H32N6O4. The van der Waals surface area contributed by atoms with E-state index in [1.54, 1.807) is 16.9 Å². The number of aryl methyl sites for hydroxylation is 1. The maximum atomic E-state index is 12.9. The van der Waals surface area contributed by atoms with Gasteiger partial charge in [0.05, 0.1) is 50.4 Å². The largest absolute Gasteiger partial charge is 0.376 e. The summed E-state index contributed by atoms with van der Waals surface area (Å²) in [5, 5.41) is 12.8. The van der Waals surface area contributed by atoms with Crippen LogP contribution in [-0.2, 0) is 40.5 Å². The Morgan fingerprint density at radius 3 is 2.84 bits per heavy atom. The lowest BCUT2D eigenvalue weighted by Gasteiger charge is -2.43. The van der Waals surface area contributed by atoms with Crippen LogP contribution in [0.3, 0.4) is 0 Å². The SMILES string of the molecule is CCn1nccc1C(=O)N1CCC2(CC1)Cn1nnc(COCCOC(C)C)c1CO2. The van der Waals surface area contributed by atoms with Crippen LogP contribution < -0.4 is 0 Å². The maximum Gasteiger partial charge on any atom is 0.272 e. The molecule has 0 atom stereocenters. The van der Waals surface area contributed by atoms with Crippen molar-refractivity contribution in [1.29, 1.82) is 0 Å². The molecule has 170 valence electrons. The van der Waals surface area contributed by atoms with Gasteiger partial charge >= 0.3 is 0 Å². The first-order valence-electron chi connectivity index (χ1n) is 11.1. The Kier molecular flexibility index (Phi) is 6.68. The molecule has 0 N–H and O–H groups in total. The summed E-state index contributed by atoms with van der Waals surface area (Å²) < 4.78 is 21.2. The second kappa shape index (κ2) is 9.46. The summed E-state index contributed by atoms with van der Waals surface area (Å²) in [5.41, 5.74) is 2.14. The van der Waals surface area contributed by atoms with Gasteiger partial charge in [-0.1, -0.05) is 5.21 Å². The van der Waals surface area contributed by atoms with E-state index in [9.17, 15) is 4.79 Å². The second-order valence-electron chi connectivity index (χ2n) is 8.41. The molecule has 4 rings (SSSR count). The van der Waals surface area contributed by atoms with Crippen LogP contribution in [-0.4, -0.2) is 73.6 Å². The summed E-state index contributed by atoms with van der Waals surface area (Å²) in [5.74, 6) is 0.0346. The maximum absolute atomic E-state index is 12.9. The first kappa shape index (κ1) is 21.9. The normalized spacial score (nSPS) is 18.0. The number of likely N-dealkylation sites (tertiary alicyclic amines) is 1. The molecule has 0 saturated carbocycles. The second-order valence-corrected chi connectivity index (χ2v) is 8.41. The standard InChI is InChI=1S/C21H32N6O4/c1-4-26-18(5-8-22-26)20(28)25-9-6-21(7-10-25)15-27-19(14-31-21)17(23-24-27)13-29-11-12-30-16(2)3/h5,8,16H,4,6-7,9-15H2,1-3H3. The number of hydrogen-bond acceptors (Lipinski definition) is 7. The number of fused-ring (bicyclic) bond motifs is 1. The lowest BCUT2D eigenvalue weighted by Crippen LogP contribution is -2.52. The molecule has 2 aliphatic heterocycles. The minimum absolute atomic E-state index is 0.0346. The Morgan fingerprint density at radius 2 is 2.10 bits per heavy atom. The predicted octanol–water partition coefficient (Wildman–Crippen LogP) is 1.64. The van der Waals surface area contributed by atoms with Gasteiger partial charge in [0, 0.05) is 25.8 Å². The van der Waals surface area contributed by atoms with E-state index in [1.165, 1.54) is 0 Å². The van der Waals surface area contributed by atoms with Gasteiger partial charge in [-0.3, -0.25) is 9.48 Å². The molecule has 10 heteroatoms. The summed E-state index contributed by atoms with van der Waals surface area (Å²) in [6.07, 6.45) is 3.43. The Labute approximate surface area is 182 Å². The van der Waals surface area contributed by atoms with Crippen molar-refractivity contribution in [2.75, 3.05) is 26.3 Å². The molecule has 0 bridgehead atoms. The highest BCUT2D eigenvalue weighted by molar-refractivity contribution is 5.92. The number of aromatic nitrogens is 5. The molecule has 2 aliphatic rings. The van der Waals surface area contributed by atoms with Crippen LogP contribution in [0.1, 0.15) is 55.5 Å². The fourth-order valence-electron chi connectivity index (χ4n) is 4.17. The fourth-order valence-corrected chi connectivity index (χ4v) is 4.17. The highest BCUT2D eigenvalue weighted by atomic mass is 16.5. The van der Waals surface area contributed by atoms with Crippen LogP contribution in [0.15, 0.2) is 12.3 Å². The van der Waals surface area contributed by atoms with E-state index >= 15 is 0 Å². The van der Waals surface area contributed by atoms with E-state index in [0.717, 1.165) is 24.2 Å². The quantitative estimate of drug-likeness (QED) is 0.585. The van der Waals surface area contributed by atoms with Crippen molar-refractivity contribution in [3.8, 4) is 0 Å². The first-order chi connectivity index (χ1) is 15.0. The van der Waals surface area contributed by atoms with Crippen molar-refractivity contribution >= 4 is 5.91 Å². The molecule has 10 nitrogen and oxygen atoms in total. The lowest BCUT2D eigenvalue weighted by molar-refractivity contribution is -0.120. The zero-order chi connectivity index (χ0) is 21.8. The molecule has 0 aliphatic carbocycles. The Balaban J connectivity index is 1.30. The summed E-state index contributed by atoms with van der Waals surface area (Å²) in [6.45, 7) is 10.6. The number of amides is 1. The molecule has 31 heavy (non-hydrogen) atoms. The van der Waals surface area contributed by atoms with Crippen molar-refractivity contribution < 1.29 is 19.0 Å². The number of nitrogens with zero attached hydrogens (tertiary/aromatic N) is 6. The smallest absolute Gasteiger partial charge is 0.272 e. The molecule has 2 aromatic rings. The van der Waals surface area contributed by atoms with Gasteiger partial charge in [0.15, 0.2) is 0 Å². The molecule has 2 aromatic heterocycles. The van der Waals surface area contributed by atoms with E-state index < -0.39 is 0 Å². The third-order valence-electron chi connectivity index (χ3n) is 5.99. The highest BCUT2D eigenvalue weighted by Gasteiger charge is 2.41. The van der Waals surface area contributed by atoms with Crippen LogP contribution in [0.25, 0.3) is 0 Å². The Morgan fingerprint density at radius 1 is 1.29 bits per heavy atom. The van der Waals surface area contributed by atoms with Crippen LogP contribution in [0, 0.1) is 0 Å². The van der Waals surface area contributed by atoms with Gasteiger partial charge in [-0.2, -0.15) is 5.10 Å². The molecule has 1 spiro atoms. The number of rotatable bonds is 8. The van der Waals surface area contributed by atoms with Gasteiger partial charge in [-0.15, -0.1) is 5.10 Å². The van der Waals surface area contributed by atoms with E-state index in [2.05, 4.69) is 15.4 Å². The summed E-state index contributed by atoms with van der Waals surface area (Å²) in [7, 11) is 0. The summed E-state index contributed by atoms with van der Waals surface area (Å²) in [4.78, 5) is 14.8. The lowest BCUT2D eigenvalue weighted by atomic mass is 9.89. The molecule has 1 amide bonds. The van der Waals surface area contributed by atoms with Crippen molar-refractivity contribution in [3.63, 3.8) is 0 Å². The monoisotopic (exact) mass is 432 g/mol. The molecule has 1 fully saturated rings. The number of hydrogen-bond donors (Lipinski definition) is 0. The minimum Gasteiger partial charge on any atom is -0.376 e. The van der Waals surface area contributed by atoms with Crippen molar-refractivity contribution in [1.82, 2.24) is 29.7 Å². The topological polar surface area (TPSA) is 96.5 Å². The number of ether oxygens (including phenoxy) is 3. The third kappa shape index (κ3) is 4.81. The van der Waals surface area contributed by atoms with Crippen molar-refractivity contribution in [2.24, 2.45) is 0 Å². The first-order valence-corrected chi connectivity index (χ1v) is 11.1. The van der Waals surface area contributed by atoms with Crippen LogP contribution in [0.4, 0.5) is 0 Å². The molecule has 1 saturated heterocycles. The molecule has 0 radical (unpaired) electrons. The van der Waals surface area contributed by atoms with Crippen LogP contribution >= 0.6 is 0 Å². The zero-order valence-electron chi connectivity index (χ0n) is 18.6. The third-order valence-corrected chi connectivity index (χ3v) is 5.99. The molecular weight excluding hydrogens is 400 g/mol. The minimum atomic E-state index is -0.300. The number of carbonyl (C=O) groups excluding carboxylic acids is 1. The van der Waals surface area contributed by atoms with Gasteiger partial charge in [-0.25, -0.2) is 4.68 Å². The Hall–Kier alpha value is -2.30. The zero-order valence-corrected chi connectivity index (χ0v) is 18.6. The number of carbonyl (C=O) groups is 1. The van der Waals surface area contributed by atoms with Crippen LogP contribution in [0.5, 0.6) is 0 Å². The van der Waals surface area contributed by atoms with Gasteiger partial charge in [0.1, 0.15) is 11.4 Å². The Bertz CT molecular complexity index is 884. The van der Waals surface area contributed by atoms with Crippen molar-refractivity contribution in [2.45, 2.75) is 71.6 Å². The van der Waals surface area contributed by atoms with Gasteiger partial charge in [0.2, 0.25) is 0 Å². The van der Waals surface area contributed by atoms with E-state index in [-0.39, 0.29) is 17.6 Å². The molecule has 4 heterocycles. The predicted molar refractivity (Wildman–Crippen MR) is 111 cm³/mol. The van der Waals surface area contributed by atoms with E-state index in [4.69, 9.17) is 14.2 Å². The fraction of sp³-hybridized carbons (Fsp3) is 0.714. The van der Waals surface area contributed by atoms with Gasteiger partial charge in [0.25, 0.3) is 5.91 Å². The van der Waals surface area contributed by atoms with Crippen molar-refractivity contribution in [3.05, 3.63) is 29.3 Å². The number of piperidine rings is 1. The van der Waals surface area contributed by atoms with Gasteiger partial charge < -0.3 is 19.1 Å². The molecule has 0 aromatic carbocycles. The average Bonchev–Trinajstić information content (AvgIpc) is 3.40. The summed E-state index contributed by atoms with van der Waals surface area (Å²) in [6, 6.07) is 1.79. The van der Waals surface area contributed by atoms with Crippen LogP contribution in [0.2, 0.25) is 0 Å². The highest BCUT2D eigenvalue weighted by Crippen LogP contribution is 2.34. The van der Waals surface area contributed by atoms with E-state index in [1.807, 2.05) is 30.4 Å². The average molecular weight is 433 g/mol. The summed E-state index contributed by atoms with van der Waals surface area (Å²) >= 11 is 0.